The number of nitrogens with zero attached hydrogens (tertiary/aromatic N) is 1. The van der Waals surface area contributed by atoms with Gasteiger partial charge in [-0.2, -0.15) is 0 Å². The third-order valence-corrected chi connectivity index (χ3v) is 4.99. The van der Waals surface area contributed by atoms with Gasteiger partial charge in [0.15, 0.2) is 17.6 Å². The fourth-order valence-electron chi connectivity index (χ4n) is 3.50. The lowest BCUT2D eigenvalue weighted by molar-refractivity contribution is -0.155. The average molecular weight is 379 g/mol. The summed E-state index contributed by atoms with van der Waals surface area (Å²) >= 11 is 0. The maximum Gasteiger partial charge on any atom is 0.332 e. The van der Waals surface area contributed by atoms with E-state index in [4.69, 9.17) is 24.1 Å². The number of ether oxygens (including phenoxy) is 4. The van der Waals surface area contributed by atoms with Crippen LogP contribution >= 0.6 is 0 Å². The Hall–Kier alpha value is -2.48. The highest BCUT2D eigenvalue weighted by atomic mass is 16.5. The molecule has 0 bridgehead atoms. The zero-order valence-electron chi connectivity index (χ0n) is 15.6. The van der Waals surface area contributed by atoms with Gasteiger partial charge in [0.25, 0.3) is 5.91 Å². The molecule has 0 aromatic heterocycles. The summed E-state index contributed by atoms with van der Waals surface area (Å²) in [6.45, 7) is 1.08. The van der Waals surface area contributed by atoms with Gasteiger partial charge in [0.1, 0.15) is 12.2 Å². The minimum atomic E-state index is -1.01. The first-order chi connectivity index (χ1) is 13.0. The van der Waals surface area contributed by atoms with E-state index >= 15 is 0 Å². The Bertz CT molecular complexity index is 662. The van der Waals surface area contributed by atoms with E-state index in [2.05, 4.69) is 0 Å². The average Bonchev–Trinajstić information content (AvgIpc) is 3.18. The van der Waals surface area contributed by atoms with Gasteiger partial charge in [0.05, 0.1) is 14.2 Å². The second-order valence-electron chi connectivity index (χ2n) is 6.66. The van der Waals surface area contributed by atoms with Crippen LogP contribution in [0.4, 0.5) is 0 Å². The second kappa shape index (κ2) is 8.47. The minimum absolute atomic E-state index is 0.0597. The van der Waals surface area contributed by atoms with Gasteiger partial charge in [-0.1, -0.05) is 6.07 Å². The smallest absolute Gasteiger partial charge is 0.332 e. The zero-order valence-corrected chi connectivity index (χ0v) is 15.6. The van der Waals surface area contributed by atoms with Gasteiger partial charge >= 0.3 is 5.97 Å². The molecule has 2 atom stereocenters. The van der Waals surface area contributed by atoms with Crippen molar-refractivity contribution >= 4 is 11.9 Å². The van der Waals surface area contributed by atoms with E-state index in [0.29, 0.717) is 56.0 Å². The standard InChI is InChI=1S/C19H25NO7/c1-24-13-4-3-5-14(25-2)17(13)26-12-8-10-20(11-9-12)18(21)15-6-7-16(27-15)19(22)23/h3-5,12,15-16H,6-11H2,1-2H3,(H,22,23)/t15-,16+/m0/s1. The van der Waals surface area contributed by atoms with Crippen molar-refractivity contribution in [3.05, 3.63) is 18.2 Å². The molecule has 2 aliphatic heterocycles. The topological polar surface area (TPSA) is 94.5 Å². The van der Waals surface area contributed by atoms with Crippen molar-refractivity contribution in [2.45, 2.75) is 44.0 Å². The molecule has 0 saturated carbocycles. The molecule has 27 heavy (non-hydrogen) atoms. The van der Waals surface area contributed by atoms with Crippen LogP contribution in [0.3, 0.4) is 0 Å². The number of methoxy groups -OCH3 is 2. The maximum absolute atomic E-state index is 12.6. The van der Waals surface area contributed by atoms with Gasteiger partial charge in [-0.05, 0) is 25.0 Å². The molecule has 148 valence electrons. The number of amides is 1. The maximum atomic E-state index is 12.6. The summed E-state index contributed by atoms with van der Waals surface area (Å²) in [6.07, 6.45) is 0.569. The monoisotopic (exact) mass is 379 g/mol. The van der Waals surface area contributed by atoms with Crippen molar-refractivity contribution in [2.24, 2.45) is 0 Å². The molecular weight excluding hydrogens is 354 g/mol. The first-order valence-corrected chi connectivity index (χ1v) is 9.08. The molecule has 3 rings (SSSR count). The van der Waals surface area contributed by atoms with E-state index < -0.39 is 18.2 Å². The number of benzene rings is 1. The number of piperidine rings is 1. The summed E-state index contributed by atoms with van der Waals surface area (Å²) in [7, 11) is 3.16. The van der Waals surface area contributed by atoms with E-state index in [1.165, 1.54) is 0 Å². The highest BCUT2D eigenvalue weighted by Gasteiger charge is 2.38. The molecule has 8 nitrogen and oxygen atoms in total. The first kappa shape index (κ1) is 19.3. The third kappa shape index (κ3) is 4.27. The molecule has 0 spiro atoms. The fourth-order valence-corrected chi connectivity index (χ4v) is 3.50. The van der Waals surface area contributed by atoms with E-state index in [0.717, 1.165) is 0 Å². The van der Waals surface area contributed by atoms with E-state index in [-0.39, 0.29) is 12.0 Å². The van der Waals surface area contributed by atoms with E-state index in [1.54, 1.807) is 19.1 Å². The Morgan fingerprint density at radius 3 is 2.15 bits per heavy atom. The van der Waals surface area contributed by atoms with Gasteiger partial charge in [-0.15, -0.1) is 0 Å². The molecule has 0 aliphatic carbocycles. The Morgan fingerprint density at radius 1 is 1.04 bits per heavy atom. The molecule has 2 saturated heterocycles. The molecule has 0 unspecified atom stereocenters. The van der Waals surface area contributed by atoms with Crippen molar-refractivity contribution in [1.82, 2.24) is 4.90 Å². The molecule has 1 amide bonds. The molecule has 2 aliphatic rings. The lowest BCUT2D eigenvalue weighted by Gasteiger charge is -2.33. The lowest BCUT2D eigenvalue weighted by atomic mass is 10.1. The van der Waals surface area contributed by atoms with Crippen molar-refractivity contribution in [3.8, 4) is 17.2 Å². The van der Waals surface area contributed by atoms with Gasteiger partial charge in [-0.25, -0.2) is 4.79 Å². The summed E-state index contributed by atoms with van der Waals surface area (Å²) in [4.78, 5) is 25.3. The Balaban J connectivity index is 1.55. The predicted octanol–water partition coefficient (Wildman–Crippen LogP) is 1.71. The summed E-state index contributed by atoms with van der Waals surface area (Å²) in [5, 5.41) is 9.00. The molecule has 1 aromatic carbocycles. The molecule has 0 radical (unpaired) electrons. The van der Waals surface area contributed by atoms with Crippen LogP contribution in [0.2, 0.25) is 0 Å². The van der Waals surface area contributed by atoms with Crippen molar-refractivity contribution in [2.75, 3.05) is 27.3 Å². The van der Waals surface area contributed by atoms with Crippen LogP contribution in [0.5, 0.6) is 17.2 Å². The third-order valence-electron chi connectivity index (χ3n) is 4.99. The Morgan fingerprint density at radius 2 is 1.63 bits per heavy atom. The highest BCUT2D eigenvalue weighted by Crippen LogP contribution is 2.38. The predicted molar refractivity (Wildman–Crippen MR) is 95.3 cm³/mol. The quantitative estimate of drug-likeness (QED) is 0.804. The van der Waals surface area contributed by atoms with Crippen LogP contribution in [-0.4, -0.2) is 67.5 Å². The number of aliphatic carboxylic acids is 1. The molecule has 2 heterocycles. The fraction of sp³-hybridized carbons (Fsp3) is 0.579. The molecule has 2 fully saturated rings. The summed E-state index contributed by atoms with van der Waals surface area (Å²) < 4.78 is 22.2. The zero-order chi connectivity index (χ0) is 19.4. The number of likely N-dealkylation sites (tertiary alicyclic amines) is 1. The lowest BCUT2D eigenvalue weighted by Crippen LogP contribution is -2.46. The van der Waals surface area contributed by atoms with Crippen LogP contribution < -0.4 is 14.2 Å². The number of carbonyl (C=O) groups excluding carboxylic acids is 1. The minimum Gasteiger partial charge on any atom is -0.493 e. The van der Waals surface area contributed by atoms with Gasteiger partial charge in [-0.3, -0.25) is 4.79 Å². The number of carbonyl (C=O) groups is 2. The second-order valence-corrected chi connectivity index (χ2v) is 6.66. The highest BCUT2D eigenvalue weighted by molar-refractivity contribution is 5.82. The van der Waals surface area contributed by atoms with Gasteiger partial charge in [0, 0.05) is 25.9 Å². The van der Waals surface area contributed by atoms with Gasteiger partial charge in [0.2, 0.25) is 5.75 Å². The number of para-hydroxylation sites is 1. The first-order valence-electron chi connectivity index (χ1n) is 9.08. The number of rotatable bonds is 6. The van der Waals surface area contributed by atoms with Crippen LogP contribution in [-0.2, 0) is 14.3 Å². The summed E-state index contributed by atoms with van der Waals surface area (Å²) in [5.41, 5.74) is 0. The summed E-state index contributed by atoms with van der Waals surface area (Å²) in [6, 6.07) is 5.46. The molecular formula is C19H25NO7. The summed E-state index contributed by atoms with van der Waals surface area (Å²) in [5.74, 6) is 0.629. The number of carboxylic acids is 1. The van der Waals surface area contributed by atoms with E-state index in [9.17, 15) is 9.59 Å². The largest absolute Gasteiger partial charge is 0.493 e. The van der Waals surface area contributed by atoms with Crippen molar-refractivity contribution in [3.63, 3.8) is 0 Å². The van der Waals surface area contributed by atoms with Crippen molar-refractivity contribution in [1.29, 1.82) is 0 Å². The van der Waals surface area contributed by atoms with Crippen LogP contribution in [0.25, 0.3) is 0 Å². The number of hydrogen-bond acceptors (Lipinski definition) is 6. The van der Waals surface area contributed by atoms with E-state index in [1.807, 2.05) is 18.2 Å². The normalized spacial score (nSPS) is 23.1. The van der Waals surface area contributed by atoms with Crippen LogP contribution in [0, 0.1) is 0 Å². The number of hydrogen-bond donors (Lipinski definition) is 1. The number of carboxylic acid groups (broad SMARTS) is 1. The van der Waals surface area contributed by atoms with Gasteiger partial charge < -0.3 is 29.0 Å². The molecule has 1 aromatic rings. The Kier molecular flexibility index (Phi) is 6.05. The SMILES string of the molecule is COc1cccc(OC)c1OC1CCN(C(=O)[C@@H]2CC[C@H](C(=O)O)O2)CC1. The molecule has 1 N–H and O–H groups in total. The van der Waals surface area contributed by atoms with Crippen molar-refractivity contribution < 1.29 is 33.6 Å². The molecule has 8 heteroatoms. The Labute approximate surface area is 157 Å². The van der Waals surface area contributed by atoms with Crippen LogP contribution in [0.15, 0.2) is 18.2 Å². The van der Waals surface area contributed by atoms with Crippen LogP contribution in [0.1, 0.15) is 25.7 Å².